The van der Waals surface area contributed by atoms with E-state index in [1.165, 1.54) is 0 Å². The van der Waals surface area contributed by atoms with Gasteiger partial charge in [-0.05, 0) is 13.0 Å². The van der Waals surface area contributed by atoms with Gasteiger partial charge in [-0.1, -0.05) is 11.6 Å². The van der Waals surface area contributed by atoms with Gasteiger partial charge in [0.25, 0.3) is 0 Å². The van der Waals surface area contributed by atoms with E-state index in [1.54, 1.807) is 0 Å². The Hall–Kier alpha value is -1.01. The van der Waals surface area contributed by atoms with Gasteiger partial charge in [0.1, 0.15) is 5.01 Å². The van der Waals surface area contributed by atoms with Crippen molar-refractivity contribution in [2.24, 2.45) is 12.0 Å². The summed E-state index contributed by atoms with van der Waals surface area (Å²) in [6.45, 7) is 3.21. The second-order valence-electron chi connectivity index (χ2n) is 5.41. The summed E-state index contributed by atoms with van der Waals surface area (Å²) in [5.74, 6) is 0.587. The van der Waals surface area contributed by atoms with E-state index >= 15 is 0 Å². The minimum atomic E-state index is -4.43. The molecule has 2 aromatic rings. The number of rotatable bonds is 5. The summed E-state index contributed by atoms with van der Waals surface area (Å²) in [5, 5.41) is 5.10. The molecule has 0 spiro atoms. The number of guanidine groups is 1. The molecule has 0 atom stereocenters. The van der Waals surface area contributed by atoms with Crippen molar-refractivity contribution in [2.75, 3.05) is 13.6 Å². The third-order valence-electron chi connectivity index (χ3n) is 3.38. The van der Waals surface area contributed by atoms with E-state index in [4.69, 9.17) is 11.6 Å². The van der Waals surface area contributed by atoms with Crippen molar-refractivity contribution in [1.82, 2.24) is 19.8 Å². The standard InChI is InChI=1S/C15H19ClF3N5S.HI/c1-4-20-14(24(3)8-11-5-10(16)7-23(11)2)21-6-13-22-12(9-25-13)15(17,18)19;/h5,7,9H,4,6,8H2,1-3H3,(H,20,21);1H. The zero-order chi connectivity index (χ0) is 18.6. The maximum Gasteiger partial charge on any atom is 0.434 e. The van der Waals surface area contributed by atoms with Crippen LogP contribution in [0.2, 0.25) is 5.02 Å². The van der Waals surface area contributed by atoms with Gasteiger partial charge in [0, 0.05) is 37.9 Å². The fourth-order valence-corrected chi connectivity index (χ4v) is 3.16. The fourth-order valence-electron chi connectivity index (χ4n) is 2.17. The van der Waals surface area contributed by atoms with Crippen LogP contribution >= 0.6 is 46.9 Å². The third kappa shape index (κ3) is 6.31. The molecule has 0 aromatic carbocycles. The van der Waals surface area contributed by atoms with Gasteiger partial charge in [0.05, 0.1) is 18.1 Å². The first-order chi connectivity index (χ1) is 11.7. The average molecular weight is 522 g/mol. The Balaban J connectivity index is 0.00000338. The van der Waals surface area contributed by atoms with E-state index in [1.807, 2.05) is 42.7 Å². The Labute approximate surface area is 176 Å². The molecule has 0 aliphatic heterocycles. The number of aryl methyl sites for hydroxylation is 1. The number of hydrogen-bond donors (Lipinski definition) is 1. The minimum absolute atomic E-state index is 0. The smallest absolute Gasteiger partial charge is 0.357 e. The molecule has 146 valence electrons. The molecule has 0 bridgehead atoms. The quantitative estimate of drug-likeness (QED) is 0.361. The highest BCUT2D eigenvalue weighted by Crippen LogP contribution is 2.30. The topological polar surface area (TPSA) is 45.5 Å². The summed E-state index contributed by atoms with van der Waals surface area (Å²) in [5.41, 5.74) is 0.117. The van der Waals surface area contributed by atoms with Crippen LogP contribution in [0.25, 0.3) is 0 Å². The Bertz CT molecular complexity index is 744. The number of thiazole rings is 1. The lowest BCUT2D eigenvalue weighted by Crippen LogP contribution is -2.38. The van der Waals surface area contributed by atoms with E-state index in [0.717, 1.165) is 22.4 Å². The van der Waals surface area contributed by atoms with E-state index in [-0.39, 0.29) is 30.5 Å². The van der Waals surface area contributed by atoms with Crippen LogP contribution < -0.4 is 5.32 Å². The monoisotopic (exact) mass is 521 g/mol. The van der Waals surface area contributed by atoms with Gasteiger partial charge in [-0.25, -0.2) is 9.98 Å². The van der Waals surface area contributed by atoms with Crippen molar-refractivity contribution >= 4 is 52.9 Å². The second-order valence-corrected chi connectivity index (χ2v) is 6.79. The Morgan fingerprint density at radius 1 is 1.46 bits per heavy atom. The molecule has 0 aliphatic carbocycles. The zero-order valence-corrected chi connectivity index (χ0v) is 18.4. The number of aliphatic imine (C=N–C) groups is 1. The summed E-state index contributed by atoms with van der Waals surface area (Å²) >= 11 is 6.94. The predicted octanol–water partition coefficient (Wildman–Crippen LogP) is 4.37. The molecular weight excluding hydrogens is 502 g/mol. The molecule has 2 rings (SSSR count). The summed E-state index contributed by atoms with van der Waals surface area (Å²) < 4.78 is 39.7. The first kappa shape index (κ1) is 23.0. The Morgan fingerprint density at radius 3 is 2.65 bits per heavy atom. The van der Waals surface area contributed by atoms with Crippen LogP contribution in [0.4, 0.5) is 13.2 Å². The first-order valence-corrected chi connectivity index (χ1v) is 8.78. The van der Waals surface area contributed by atoms with Crippen molar-refractivity contribution in [2.45, 2.75) is 26.2 Å². The lowest BCUT2D eigenvalue weighted by molar-refractivity contribution is -0.140. The highest BCUT2D eigenvalue weighted by molar-refractivity contribution is 14.0. The molecule has 2 aromatic heterocycles. The normalized spacial score (nSPS) is 12.0. The summed E-state index contributed by atoms with van der Waals surface area (Å²) in [4.78, 5) is 9.86. The van der Waals surface area contributed by atoms with Crippen molar-refractivity contribution in [3.05, 3.63) is 39.1 Å². The van der Waals surface area contributed by atoms with Crippen LogP contribution in [0.3, 0.4) is 0 Å². The molecule has 0 saturated carbocycles. The number of nitrogens with zero attached hydrogens (tertiary/aromatic N) is 4. The fraction of sp³-hybridized carbons (Fsp3) is 0.467. The molecule has 2 heterocycles. The molecular formula is C15H20ClF3IN5S. The molecule has 0 aliphatic rings. The van der Waals surface area contributed by atoms with Gasteiger partial charge in [-0.2, -0.15) is 13.2 Å². The van der Waals surface area contributed by atoms with Gasteiger partial charge in [0.2, 0.25) is 0 Å². The SMILES string of the molecule is CCNC(=NCc1nc(C(F)(F)F)cs1)N(C)Cc1cc(Cl)cn1C.I. The maximum absolute atomic E-state index is 12.6. The van der Waals surface area contributed by atoms with Crippen molar-refractivity contribution in [3.8, 4) is 0 Å². The van der Waals surface area contributed by atoms with Crippen LogP contribution in [0.15, 0.2) is 22.6 Å². The van der Waals surface area contributed by atoms with Gasteiger partial charge in [-0.3, -0.25) is 0 Å². The maximum atomic E-state index is 12.6. The molecule has 26 heavy (non-hydrogen) atoms. The molecule has 5 nitrogen and oxygen atoms in total. The first-order valence-electron chi connectivity index (χ1n) is 7.52. The number of alkyl halides is 3. The Kier molecular flexibility index (Phi) is 8.67. The minimum Gasteiger partial charge on any atom is -0.357 e. The molecule has 0 saturated heterocycles. The van der Waals surface area contributed by atoms with Gasteiger partial charge in [0.15, 0.2) is 11.7 Å². The Morgan fingerprint density at radius 2 is 2.15 bits per heavy atom. The number of hydrogen-bond acceptors (Lipinski definition) is 3. The van der Waals surface area contributed by atoms with E-state index in [0.29, 0.717) is 29.1 Å². The van der Waals surface area contributed by atoms with Crippen molar-refractivity contribution in [1.29, 1.82) is 0 Å². The van der Waals surface area contributed by atoms with Crippen molar-refractivity contribution in [3.63, 3.8) is 0 Å². The number of halogens is 5. The van der Waals surface area contributed by atoms with Crippen LogP contribution in [0.5, 0.6) is 0 Å². The number of nitrogens with one attached hydrogen (secondary N) is 1. The largest absolute Gasteiger partial charge is 0.434 e. The summed E-state index contributed by atoms with van der Waals surface area (Å²) in [6.07, 6.45) is -2.62. The number of aromatic nitrogens is 2. The molecule has 0 unspecified atom stereocenters. The molecule has 0 radical (unpaired) electrons. The molecule has 0 fully saturated rings. The average Bonchev–Trinajstić information content (AvgIpc) is 3.10. The van der Waals surface area contributed by atoms with E-state index < -0.39 is 11.9 Å². The van der Waals surface area contributed by atoms with E-state index in [2.05, 4.69) is 15.3 Å². The van der Waals surface area contributed by atoms with E-state index in [9.17, 15) is 13.2 Å². The molecule has 1 N–H and O–H groups in total. The summed E-state index contributed by atoms with van der Waals surface area (Å²) in [7, 11) is 3.75. The zero-order valence-electron chi connectivity index (χ0n) is 14.5. The van der Waals surface area contributed by atoms with Gasteiger partial charge >= 0.3 is 6.18 Å². The summed E-state index contributed by atoms with van der Waals surface area (Å²) in [6, 6.07) is 1.86. The molecule has 11 heteroatoms. The predicted molar refractivity (Wildman–Crippen MR) is 109 cm³/mol. The van der Waals surface area contributed by atoms with Gasteiger partial charge in [-0.15, -0.1) is 35.3 Å². The molecule has 0 amide bonds. The van der Waals surface area contributed by atoms with Crippen molar-refractivity contribution < 1.29 is 13.2 Å². The third-order valence-corrected chi connectivity index (χ3v) is 4.42. The van der Waals surface area contributed by atoms with Crippen LogP contribution in [-0.2, 0) is 26.3 Å². The van der Waals surface area contributed by atoms with Crippen LogP contribution in [0, 0.1) is 0 Å². The lowest BCUT2D eigenvalue weighted by atomic mass is 10.4. The highest BCUT2D eigenvalue weighted by atomic mass is 127. The van der Waals surface area contributed by atoms with Crippen LogP contribution in [-0.4, -0.2) is 34.0 Å². The van der Waals surface area contributed by atoms with Gasteiger partial charge < -0.3 is 14.8 Å². The van der Waals surface area contributed by atoms with Crippen LogP contribution in [0.1, 0.15) is 23.3 Å². The second kappa shape index (κ2) is 9.79. The lowest BCUT2D eigenvalue weighted by Gasteiger charge is -2.22. The highest BCUT2D eigenvalue weighted by Gasteiger charge is 2.33.